The van der Waals surface area contributed by atoms with Gasteiger partial charge in [-0.15, -0.1) is 0 Å². The highest BCUT2D eigenvalue weighted by molar-refractivity contribution is 5.78. The van der Waals surface area contributed by atoms with Gasteiger partial charge in [0.05, 0.1) is 19.2 Å². The summed E-state index contributed by atoms with van der Waals surface area (Å²) in [5.74, 6) is 2.33. The predicted octanol–water partition coefficient (Wildman–Crippen LogP) is 5.54. The fourth-order valence-corrected chi connectivity index (χ4v) is 3.13. The second kappa shape index (κ2) is 10.2. The normalized spacial score (nSPS) is 10.5. The number of rotatable bonds is 9. The highest BCUT2D eigenvalue weighted by Crippen LogP contribution is 2.22. The summed E-state index contributed by atoms with van der Waals surface area (Å²) in [7, 11) is 0. The number of para-hydroxylation sites is 1. The molecule has 0 saturated heterocycles. The zero-order valence-electron chi connectivity index (χ0n) is 17.1. The van der Waals surface area contributed by atoms with Crippen molar-refractivity contribution in [3.63, 3.8) is 0 Å². The van der Waals surface area contributed by atoms with E-state index in [9.17, 15) is 4.79 Å². The van der Waals surface area contributed by atoms with Crippen molar-refractivity contribution in [1.29, 1.82) is 0 Å². The molecule has 0 spiro atoms. The molecule has 2 N–H and O–H groups in total. The van der Waals surface area contributed by atoms with Gasteiger partial charge in [-0.1, -0.05) is 42.5 Å². The Hall–Kier alpha value is -3.99. The fourth-order valence-electron chi connectivity index (χ4n) is 3.13. The molecular weight excluding hydrogens is 388 g/mol. The first-order chi connectivity index (χ1) is 15.2. The Kier molecular flexibility index (Phi) is 6.65. The number of amides is 1. The number of carbonyl (C=O) groups excluding carboxylic acids is 1. The molecule has 3 aromatic carbocycles. The monoisotopic (exact) mass is 412 g/mol. The number of nitrogens with one attached hydrogen (secondary N) is 2. The van der Waals surface area contributed by atoms with Crippen LogP contribution in [0.3, 0.4) is 0 Å². The third-order valence-electron chi connectivity index (χ3n) is 4.73. The van der Waals surface area contributed by atoms with E-state index in [0.29, 0.717) is 19.5 Å². The molecule has 31 heavy (non-hydrogen) atoms. The van der Waals surface area contributed by atoms with Crippen LogP contribution in [-0.4, -0.2) is 5.91 Å². The van der Waals surface area contributed by atoms with Crippen LogP contribution in [0.1, 0.15) is 16.9 Å². The van der Waals surface area contributed by atoms with Gasteiger partial charge in [0.1, 0.15) is 17.3 Å². The van der Waals surface area contributed by atoms with Gasteiger partial charge < -0.3 is 19.8 Å². The summed E-state index contributed by atoms with van der Waals surface area (Å²) in [4.78, 5) is 12.1. The van der Waals surface area contributed by atoms with Gasteiger partial charge in [0.25, 0.3) is 0 Å². The van der Waals surface area contributed by atoms with Crippen molar-refractivity contribution in [3.05, 3.63) is 114 Å². The maximum absolute atomic E-state index is 12.1. The second-order valence-corrected chi connectivity index (χ2v) is 7.15. The average Bonchev–Trinajstić information content (AvgIpc) is 3.32. The molecule has 1 aromatic heterocycles. The Morgan fingerprint density at radius 2 is 1.58 bits per heavy atom. The first-order valence-electron chi connectivity index (χ1n) is 10.2. The first-order valence-corrected chi connectivity index (χ1v) is 10.2. The molecule has 0 bridgehead atoms. The molecule has 0 saturated carbocycles. The molecule has 0 atom stereocenters. The third-order valence-corrected chi connectivity index (χ3v) is 4.73. The van der Waals surface area contributed by atoms with Crippen molar-refractivity contribution in [2.24, 2.45) is 0 Å². The van der Waals surface area contributed by atoms with Gasteiger partial charge in [-0.2, -0.15) is 0 Å². The number of furan rings is 1. The number of carbonyl (C=O) groups is 1. The van der Waals surface area contributed by atoms with Crippen molar-refractivity contribution in [2.75, 3.05) is 5.32 Å². The van der Waals surface area contributed by atoms with E-state index in [-0.39, 0.29) is 5.91 Å². The lowest BCUT2D eigenvalue weighted by molar-refractivity contribution is -0.120. The van der Waals surface area contributed by atoms with Gasteiger partial charge >= 0.3 is 0 Å². The van der Waals surface area contributed by atoms with Crippen LogP contribution in [0.2, 0.25) is 0 Å². The van der Waals surface area contributed by atoms with Gasteiger partial charge in [0, 0.05) is 12.2 Å². The lowest BCUT2D eigenvalue weighted by Gasteiger charge is -2.10. The summed E-state index contributed by atoms with van der Waals surface area (Å²) in [6.07, 6.45) is 1.93. The zero-order chi connectivity index (χ0) is 21.3. The number of anilines is 1. The highest BCUT2D eigenvalue weighted by Gasteiger charge is 2.05. The van der Waals surface area contributed by atoms with Crippen LogP contribution in [0.15, 0.2) is 102 Å². The Morgan fingerprint density at radius 1 is 0.774 bits per heavy atom. The Morgan fingerprint density at radius 3 is 2.35 bits per heavy atom. The molecule has 0 aliphatic heterocycles. The largest absolute Gasteiger partial charge is 0.467 e. The summed E-state index contributed by atoms with van der Waals surface area (Å²) in [5, 5.41) is 6.26. The van der Waals surface area contributed by atoms with Crippen molar-refractivity contribution in [1.82, 2.24) is 5.32 Å². The number of benzene rings is 3. The molecule has 156 valence electrons. The summed E-state index contributed by atoms with van der Waals surface area (Å²) < 4.78 is 11.1. The Labute approximate surface area is 181 Å². The number of ether oxygens (including phenoxy) is 1. The van der Waals surface area contributed by atoms with Crippen LogP contribution in [0.25, 0.3) is 0 Å². The molecule has 4 rings (SSSR count). The minimum absolute atomic E-state index is 0.0349. The lowest BCUT2D eigenvalue weighted by atomic mass is 10.1. The summed E-state index contributed by atoms with van der Waals surface area (Å²) in [6, 6.07) is 29.3. The molecule has 0 fully saturated rings. The predicted molar refractivity (Wildman–Crippen MR) is 121 cm³/mol. The first kappa shape index (κ1) is 20.3. The van der Waals surface area contributed by atoms with Gasteiger partial charge in [0.2, 0.25) is 5.91 Å². The van der Waals surface area contributed by atoms with Gasteiger partial charge in [-0.05, 0) is 59.7 Å². The fraction of sp³-hybridized carbons (Fsp3) is 0.115. The van der Waals surface area contributed by atoms with E-state index in [1.165, 1.54) is 0 Å². The molecule has 0 aliphatic carbocycles. The van der Waals surface area contributed by atoms with Crippen molar-refractivity contribution < 1.29 is 13.9 Å². The van der Waals surface area contributed by atoms with Crippen LogP contribution < -0.4 is 15.4 Å². The van der Waals surface area contributed by atoms with Crippen molar-refractivity contribution >= 4 is 11.6 Å². The van der Waals surface area contributed by atoms with Crippen molar-refractivity contribution in [3.8, 4) is 11.5 Å². The number of hydrogen-bond acceptors (Lipinski definition) is 4. The smallest absolute Gasteiger partial charge is 0.224 e. The van der Waals surface area contributed by atoms with E-state index in [4.69, 9.17) is 9.15 Å². The van der Waals surface area contributed by atoms with E-state index in [1.807, 2.05) is 78.9 Å². The maximum atomic E-state index is 12.1. The van der Waals surface area contributed by atoms with E-state index in [2.05, 4.69) is 16.7 Å². The Bertz CT molecular complexity index is 1090. The molecule has 1 heterocycles. The molecule has 0 aliphatic rings. The minimum atomic E-state index is -0.0349. The molecule has 4 aromatic rings. The molecule has 5 nitrogen and oxygen atoms in total. The van der Waals surface area contributed by atoms with Crippen LogP contribution >= 0.6 is 0 Å². The van der Waals surface area contributed by atoms with E-state index in [0.717, 1.165) is 34.1 Å². The Balaban J connectivity index is 1.26. The highest BCUT2D eigenvalue weighted by atomic mass is 16.5. The van der Waals surface area contributed by atoms with Crippen LogP contribution in [-0.2, 0) is 24.3 Å². The van der Waals surface area contributed by atoms with Gasteiger partial charge in [-0.3, -0.25) is 4.79 Å². The SMILES string of the molecule is O=C(Cc1ccc(NCc2cccc(Oc3ccccc3)c2)cc1)NCc1ccco1. The molecule has 5 heteroatoms. The third kappa shape index (κ3) is 6.24. The van der Waals surface area contributed by atoms with E-state index >= 15 is 0 Å². The number of hydrogen-bond donors (Lipinski definition) is 2. The van der Waals surface area contributed by atoms with E-state index in [1.54, 1.807) is 12.3 Å². The zero-order valence-corrected chi connectivity index (χ0v) is 17.1. The van der Waals surface area contributed by atoms with Crippen molar-refractivity contribution in [2.45, 2.75) is 19.5 Å². The standard InChI is InChI=1S/C26H24N2O3/c29-26(28-19-25-10-5-15-30-25)17-20-11-13-22(14-12-20)27-18-21-6-4-9-24(16-21)31-23-7-2-1-3-8-23/h1-16,27H,17-19H2,(H,28,29). The maximum Gasteiger partial charge on any atom is 0.224 e. The minimum Gasteiger partial charge on any atom is -0.467 e. The van der Waals surface area contributed by atoms with E-state index < -0.39 is 0 Å². The van der Waals surface area contributed by atoms with Gasteiger partial charge in [0.15, 0.2) is 0 Å². The lowest BCUT2D eigenvalue weighted by Crippen LogP contribution is -2.24. The van der Waals surface area contributed by atoms with Crippen LogP contribution in [0.5, 0.6) is 11.5 Å². The molecular formula is C26H24N2O3. The van der Waals surface area contributed by atoms with Gasteiger partial charge in [-0.25, -0.2) is 0 Å². The topological polar surface area (TPSA) is 63.5 Å². The molecule has 0 radical (unpaired) electrons. The average molecular weight is 412 g/mol. The summed E-state index contributed by atoms with van der Waals surface area (Å²) in [5.41, 5.74) is 3.07. The van der Waals surface area contributed by atoms with Crippen LogP contribution in [0.4, 0.5) is 5.69 Å². The molecule has 1 amide bonds. The van der Waals surface area contributed by atoms with Crippen LogP contribution in [0, 0.1) is 0 Å². The summed E-state index contributed by atoms with van der Waals surface area (Å²) >= 11 is 0. The quantitative estimate of drug-likeness (QED) is 0.379. The second-order valence-electron chi connectivity index (χ2n) is 7.15. The molecule has 0 unspecified atom stereocenters. The summed E-state index contributed by atoms with van der Waals surface area (Å²) in [6.45, 7) is 1.08.